The predicted octanol–water partition coefficient (Wildman–Crippen LogP) is 4.73. The maximum Gasteiger partial charge on any atom is 0.407 e. The lowest BCUT2D eigenvalue weighted by Gasteiger charge is -2.19. The number of carboxylic acid groups (broad SMARTS) is 1. The number of rotatable bonds is 9. The molecular weight excluding hydrogens is 340 g/mol. The molecule has 0 radical (unpaired) electrons. The number of benzene rings is 2. The van der Waals surface area contributed by atoms with Crippen molar-refractivity contribution in [2.75, 3.05) is 13.1 Å². The average Bonchev–Trinajstić information content (AvgIpc) is 3.11. The number of nitrogens with zero attached hydrogens (tertiary/aromatic N) is 1. The van der Waals surface area contributed by atoms with Gasteiger partial charge in [0.15, 0.2) is 0 Å². The van der Waals surface area contributed by atoms with Crippen LogP contribution in [0, 0.1) is 0 Å². The number of H-pyrrole nitrogens is 1. The van der Waals surface area contributed by atoms with Gasteiger partial charge in [-0.15, -0.1) is 0 Å². The zero-order chi connectivity index (χ0) is 19.1. The summed E-state index contributed by atoms with van der Waals surface area (Å²) < 4.78 is 0. The Morgan fingerprint density at radius 2 is 1.93 bits per heavy atom. The molecule has 0 aliphatic rings. The SMILES string of the molecule is O=CCCCCN(CCc1cccc(-c2c[nH]c3ccccc23)c1)C(=O)O. The van der Waals surface area contributed by atoms with Crippen LogP contribution < -0.4 is 0 Å². The Bertz CT molecular complexity index is 917. The molecule has 0 bridgehead atoms. The maximum atomic E-state index is 11.4. The molecule has 0 aliphatic heterocycles. The second-order valence-electron chi connectivity index (χ2n) is 6.63. The molecule has 27 heavy (non-hydrogen) atoms. The summed E-state index contributed by atoms with van der Waals surface area (Å²) in [5.74, 6) is 0. The van der Waals surface area contributed by atoms with E-state index in [2.05, 4.69) is 29.2 Å². The first-order valence-electron chi connectivity index (χ1n) is 9.26. The first-order chi connectivity index (χ1) is 13.2. The first kappa shape index (κ1) is 18.7. The molecule has 3 rings (SSSR count). The number of hydrogen-bond acceptors (Lipinski definition) is 2. The van der Waals surface area contributed by atoms with Crippen molar-refractivity contribution >= 4 is 23.3 Å². The fourth-order valence-electron chi connectivity index (χ4n) is 3.30. The molecule has 0 spiro atoms. The Hall–Kier alpha value is -3.08. The van der Waals surface area contributed by atoms with E-state index in [0.29, 0.717) is 32.4 Å². The second kappa shape index (κ2) is 9.03. The molecule has 5 nitrogen and oxygen atoms in total. The maximum absolute atomic E-state index is 11.4. The second-order valence-corrected chi connectivity index (χ2v) is 6.63. The molecule has 0 saturated carbocycles. The van der Waals surface area contributed by atoms with E-state index in [9.17, 15) is 14.7 Å². The van der Waals surface area contributed by atoms with Gasteiger partial charge in [-0.2, -0.15) is 0 Å². The highest BCUT2D eigenvalue weighted by molar-refractivity contribution is 5.95. The fraction of sp³-hybridized carbons (Fsp3) is 0.273. The minimum Gasteiger partial charge on any atom is -0.465 e. The van der Waals surface area contributed by atoms with Crippen LogP contribution in [0.3, 0.4) is 0 Å². The zero-order valence-corrected chi connectivity index (χ0v) is 15.2. The van der Waals surface area contributed by atoms with Crippen LogP contribution in [-0.4, -0.2) is 40.5 Å². The van der Waals surface area contributed by atoms with E-state index in [0.717, 1.165) is 34.9 Å². The van der Waals surface area contributed by atoms with Crippen LogP contribution in [-0.2, 0) is 11.2 Å². The number of aromatic nitrogens is 1. The Kier molecular flexibility index (Phi) is 6.26. The van der Waals surface area contributed by atoms with Crippen LogP contribution in [0.2, 0.25) is 0 Å². The Morgan fingerprint density at radius 1 is 1.07 bits per heavy atom. The van der Waals surface area contributed by atoms with Crippen molar-refractivity contribution < 1.29 is 14.7 Å². The number of nitrogens with one attached hydrogen (secondary N) is 1. The van der Waals surface area contributed by atoms with E-state index in [1.54, 1.807) is 0 Å². The minimum absolute atomic E-state index is 0.452. The fourth-order valence-corrected chi connectivity index (χ4v) is 3.30. The molecule has 1 aromatic heterocycles. The summed E-state index contributed by atoms with van der Waals surface area (Å²) in [5, 5.41) is 10.6. The summed E-state index contributed by atoms with van der Waals surface area (Å²) in [4.78, 5) is 26.5. The summed E-state index contributed by atoms with van der Waals surface area (Å²) in [6.45, 7) is 0.916. The highest BCUT2D eigenvalue weighted by Crippen LogP contribution is 2.29. The lowest BCUT2D eigenvalue weighted by atomic mass is 10.0. The largest absolute Gasteiger partial charge is 0.465 e. The van der Waals surface area contributed by atoms with E-state index in [4.69, 9.17) is 0 Å². The van der Waals surface area contributed by atoms with Gasteiger partial charge < -0.3 is 19.8 Å². The van der Waals surface area contributed by atoms with Crippen LogP contribution in [0.4, 0.5) is 4.79 Å². The lowest BCUT2D eigenvalue weighted by Crippen LogP contribution is -2.32. The molecule has 1 heterocycles. The van der Waals surface area contributed by atoms with Gasteiger partial charge in [0.1, 0.15) is 6.29 Å². The van der Waals surface area contributed by atoms with Crippen molar-refractivity contribution in [3.63, 3.8) is 0 Å². The molecule has 0 unspecified atom stereocenters. The molecule has 0 saturated heterocycles. The minimum atomic E-state index is -0.908. The molecule has 3 aromatic rings. The van der Waals surface area contributed by atoms with Crippen LogP contribution in [0.5, 0.6) is 0 Å². The third-order valence-corrected chi connectivity index (χ3v) is 4.77. The predicted molar refractivity (Wildman–Crippen MR) is 107 cm³/mol. The van der Waals surface area contributed by atoms with Crippen molar-refractivity contribution in [1.82, 2.24) is 9.88 Å². The summed E-state index contributed by atoms with van der Waals surface area (Å²) in [7, 11) is 0. The van der Waals surface area contributed by atoms with Crippen molar-refractivity contribution in [3.8, 4) is 11.1 Å². The smallest absolute Gasteiger partial charge is 0.407 e. The quantitative estimate of drug-likeness (QED) is 0.426. The molecule has 2 N–H and O–H groups in total. The van der Waals surface area contributed by atoms with Crippen LogP contribution in [0.25, 0.3) is 22.0 Å². The van der Waals surface area contributed by atoms with Crippen LogP contribution in [0.1, 0.15) is 24.8 Å². The Balaban J connectivity index is 1.68. The highest BCUT2D eigenvalue weighted by Gasteiger charge is 2.12. The number of carbonyl (C=O) groups excluding carboxylic acids is 1. The molecule has 0 atom stereocenters. The summed E-state index contributed by atoms with van der Waals surface area (Å²) in [5.41, 5.74) is 4.48. The first-order valence-corrected chi connectivity index (χ1v) is 9.26. The normalized spacial score (nSPS) is 10.8. The monoisotopic (exact) mass is 364 g/mol. The highest BCUT2D eigenvalue weighted by atomic mass is 16.4. The van der Waals surface area contributed by atoms with Crippen LogP contribution in [0.15, 0.2) is 54.7 Å². The van der Waals surface area contributed by atoms with Crippen molar-refractivity contribution in [3.05, 3.63) is 60.3 Å². The third kappa shape index (κ3) is 4.76. The Labute approximate surface area is 158 Å². The van der Waals surface area contributed by atoms with Crippen molar-refractivity contribution in [2.24, 2.45) is 0 Å². The third-order valence-electron chi connectivity index (χ3n) is 4.77. The topological polar surface area (TPSA) is 73.4 Å². The van der Waals surface area contributed by atoms with E-state index < -0.39 is 6.09 Å². The van der Waals surface area contributed by atoms with E-state index >= 15 is 0 Å². The lowest BCUT2D eigenvalue weighted by molar-refractivity contribution is -0.107. The van der Waals surface area contributed by atoms with Gasteiger partial charge in [0.2, 0.25) is 0 Å². The summed E-state index contributed by atoms with van der Waals surface area (Å²) in [6.07, 6.45) is 4.57. The van der Waals surface area contributed by atoms with Gasteiger partial charge in [0.05, 0.1) is 0 Å². The average molecular weight is 364 g/mol. The number of unbranched alkanes of at least 4 members (excludes halogenated alkanes) is 2. The standard InChI is InChI=1S/C22H24N2O3/c25-14-5-1-4-12-24(22(26)27)13-11-17-7-6-8-18(15-17)20-16-23-21-10-3-2-9-19(20)21/h2-3,6-10,14-16,23H,1,4-5,11-13H2,(H,26,27). The number of aromatic amines is 1. The van der Waals surface area contributed by atoms with Gasteiger partial charge >= 0.3 is 6.09 Å². The van der Waals surface area contributed by atoms with E-state index in [1.807, 2.05) is 30.5 Å². The molecule has 0 aliphatic carbocycles. The molecule has 5 heteroatoms. The number of aldehydes is 1. The van der Waals surface area contributed by atoms with Crippen LogP contribution >= 0.6 is 0 Å². The van der Waals surface area contributed by atoms with E-state index in [-0.39, 0.29) is 0 Å². The number of carbonyl (C=O) groups is 2. The Morgan fingerprint density at radius 3 is 2.74 bits per heavy atom. The van der Waals surface area contributed by atoms with Crippen molar-refractivity contribution in [1.29, 1.82) is 0 Å². The molecule has 1 amide bonds. The van der Waals surface area contributed by atoms with E-state index in [1.165, 1.54) is 10.3 Å². The van der Waals surface area contributed by atoms with Crippen molar-refractivity contribution in [2.45, 2.75) is 25.7 Å². The number of amides is 1. The number of hydrogen-bond donors (Lipinski definition) is 2. The van der Waals surface area contributed by atoms with Gasteiger partial charge in [-0.25, -0.2) is 4.79 Å². The zero-order valence-electron chi connectivity index (χ0n) is 15.2. The van der Waals surface area contributed by atoms with Gasteiger partial charge in [-0.3, -0.25) is 0 Å². The van der Waals surface area contributed by atoms with Gasteiger partial charge in [0.25, 0.3) is 0 Å². The molecule has 2 aromatic carbocycles. The number of fused-ring (bicyclic) bond motifs is 1. The molecule has 0 fully saturated rings. The molecule has 140 valence electrons. The number of para-hydroxylation sites is 1. The summed E-state index contributed by atoms with van der Waals surface area (Å²) >= 11 is 0. The molecular formula is C22H24N2O3. The van der Waals surface area contributed by atoms with Gasteiger partial charge in [-0.1, -0.05) is 42.5 Å². The summed E-state index contributed by atoms with van der Waals surface area (Å²) in [6, 6.07) is 16.4. The van der Waals surface area contributed by atoms with Gasteiger partial charge in [0, 0.05) is 42.2 Å². The van der Waals surface area contributed by atoms with Gasteiger partial charge in [-0.05, 0) is 36.5 Å².